The number of thiophene rings is 1. The third-order valence-electron chi connectivity index (χ3n) is 3.10. The normalized spacial score (nSPS) is 20.2. The van der Waals surface area contributed by atoms with Gasteiger partial charge >= 0.3 is 0 Å². The van der Waals surface area contributed by atoms with E-state index in [9.17, 15) is 0 Å². The number of nitrogens with one attached hydrogen (secondary N) is 1. The zero-order valence-electron chi connectivity index (χ0n) is 11.1. The quantitative estimate of drug-likeness (QED) is 0.772. The molecule has 0 amide bonds. The summed E-state index contributed by atoms with van der Waals surface area (Å²) < 4.78 is 11.2. The number of rotatable bonds is 7. The fourth-order valence-electron chi connectivity index (χ4n) is 2.09. The van der Waals surface area contributed by atoms with Crippen LogP contribution < -0.4 is 5.32 Å². The van der Waals surface area contributed by atoms with Gasteiger partial charge in [-0.05, 0) is 38.3 Å². The van der Waals surface area contributed by atoms with Crippen LogP contribution in [0.15, 0.2) is 12.1 Å². The third-order valence-corrected chi connectivity index (χ3v) is 4.10. The van der Waals surface area contributed by atoms with Crippen LogP contribution in [0.4, 0.5) is 0 Å². The molecular formula is C14H23NO2S. The van der Waals surface area contributed by atoms with Crippen molar-refractivity contribution in [3.8, 4) is 0 Å². The van der Waals surface area contributed by atoms with Crippen molar-refractivity contribution < 1.29 is 9.47 Å². The van der Waals surface area contributed by atoms with Crippen LogP contribution in [-0.4, -0.2) is 32.5 Å². The van der Waals surface area contributed by atoms with E-state index in [1.54, 1.807) is 0 Å². The van der Waals surface area contributed by atoms with Gasteiger partial charge in [0.05, 0.1) is 19.3 Å². The van der Waals surface area contributed by atoms with Gasteiger partial charge in [0.15, 0.2) is 0 Å². The smallest absolute Gasteiger partial charge is 0.0808 e. The fourth-order valence-corrected chi connectivity index (χ4v) is 2.95. The number of aryl methyl sites for hydroxylation is 1. The summed E-state index contributed by atoms with van der Waals surface area (Å²) in [5, 5.41) is 3.40. The van der Waals surface area contributed by atoms with Crippen LogP contribution in [0.5, 0.6) is 0 Å². The highest BCUT2D eigenvalue weighted by Crippen LogP contribution is 2.14. The first-order valence-corrected chi connectivity index (χ1v) is 7.61. The highest BCUT2D eigenvalue weighted by atomic mass is 32.1. The van der Waals surface area contributed by atoms with Gasteiger partial charge in [-0.1, -0.05) is 0 Å². The number of hydrogen-bond donors (Lipinski definition) is 1. The summed E-state index contributed by atoms with van der Waals surface area (Å²) in [4.78, 5) is 2.76. The minimum absolute atomic E-state index is 0.332. The second-order valence-electron chi connectivity index (χ2n) is 4.75. The monoisotopic (exact) mass is 269 g/mol. The molecule has 1 atom stereocenters. The van der Waals surface area contributed by atoms with Gasteiger partial charge in [0.25, 0.3) is 0 Å². The SMILES string of the molecule is Cc1ccc(CNCCOCC2CCCCO2)s1. The van der Waals surface area contributed by atoms with E-state index in [2.05, 4.69) is 24.4 Å². The molecule has 2 rings (SSSR count). The molecule has 1 aliphatic rings. The lowest BCUT2D eigenvalue weighted by Crippen LogP contribution is -2.26. The molecule has 0 spiro atoms. The van der Waals surface area contributed by atoms with Gasteiger partial charge in [0.1, 0.15) is 0 Å². The molecule has 18 heavy (non-hydrogen) atoms. The zero-order chi connectivity index (χ0) is 12.6. The number of ether oxygens (including phenoxy) is 2. The molecule has 0 aliphatic carbocycles. The average molecular weight is 269 g/mol. The number of hydrogen-bond acceptors (Lipinski definition) is 4. The van der Waals surface area contributed by atoms with Crippen molar-refractivity contribution >= 4 is 11.3 Å². The van der Waals surface area contributed by atoms with Crippen LogP contribution in [0.25, 0.3) is 0 Å². The summed E-state index contributed by atoms with van der Waals surface area (Å²) in [6, 6.07) is 4.35. The molecule has 1 saturated heterocycles. The van der Waals surface area contributed by atoms with Crippen molar-refractivity contribution in [3.05, 3.63) is 21.9 Å². The molecule has 1 N–H and O–H groups in total. The maximum absolute atomic E-state index is 5.63. The summed E-state index contributed by atoms with van der Waals surface area (Å²) >= 11 is 1.85. The van der Waals surface area contributed by atoms with Crippen molar-refractivity contribution in [3.63, 3.8) is 0 Å². The van der Waals surface area contributed by atoms with E-state index in [1.807, 2.05) is 11.3 Å². The fraction of sp³-hybridized carbons (Fsp3) is 0.714. The van der Waals surface area contributed by atoms with Crippen LogP contribution in [0.2, 0.25) is 0 Å². The Hall–Kier alpha value is -0.420. The highest BCUT2D eigenvalue weighted by Gasteiger charge is 2.13. The maximum Gasteiger partial charge on any atom is 0.0808 e. The topological polar surface area (TPSA) is 30.5 Å². The van der Waals surface area contributed by atoms with Crippen molar-refractivity contribution in [2.75, 3.05) is 26.4 Å². The molecular weight excluding hydrogens is 246 g/mol. The van der Waals surface area contributed by atoms with Gasteiger partial charge in [-0.25, -0.2) is 0 Å². The summed E-state index contributed by atoms with van der Waals surface area (Å²) in [5.74, 6) is 0. The molecule has 4 heteroatoms. The summed E-state index contributed by atoms with van der Waals surface area (Å²) in [5.41, 5.74) is 0. The lowest BCUT2D eigenvalue weighted by molar-refractivity contribution is -0.0399. The molecule has 1 aromatic rings. The van der Waals surface area contributed by atoms with E-state index < -0.39 is 0 Å². The van der Waals surface area contributed by atoms with E-state index in [0.717, 1.165) is 39.3 Å². The van der Waals surface area contributed by atoms with Crippen LogP contribution in [-0.2, 0) is 16.0 Å². The molecule has 1 aliphatic heterocycles. The van der Waals surface area contributed by atoms with Gasteiger partial charge in [-0.3, -0.25) is 0 Å². The van der Waals surface area contributed by atoms with Crippen molar-refractivity contribution in [2.24, 2.45) is 0 Å². The first-order valence-electron chi connectivity index (χ1n) is 6.80. The predicted octanol–water partition coefficient (Wildman–Crippen LogP) is 2.73. The van der Waals surface area contributed by atoms with Crippen molar-refractivity contribution in [2.45, 2.75) is 38.8 Å². The highest BCUT2D eigenvalue weighted by molar-refractivity contribution is 7.11. The minimum atomic E-state index is 0.332. The van der Waals surface area contributed by atoms with Gasteiger partial charge in [0, 0.05) is 29.5 Å². The summed E-state index contributed by atoms with van der Waals surface area (Å²) in [6.45, 7) is 6.42. The first-order chi connectivity index (χ1) is 8.84. The predicted molar refractivity (Wildman–Crippen MR) is 75.2 cm³/mol. The zero-order valence-corrected chi connectivity index (χ0v) is 11.9. The summed E-state index contributed by atoms with van der Waals surface area (Å²) in [6.07, 6.45) is 3.98. The Morgan fingerprint density at radius 1 is 1.44 bits per heavy atom. The Kier molecular flexibility index (Phi) is 6.14. The Balaban J connectivity index is 1.46. The second kappa shape index (κ2) is 7.89. The van der Waals surface area contributed by atoms with Crippen molar-refractivity contribution in [1.82, 2.24) is 5.32 Å². The largest absolute Gasteiger partial charge is 0.377 e. The first kappa shape index (κ1) is 14.0. The van der Waals surface area contributed by atoms with Crippen LogP contribution >= 0.6 is 11.3 Å². The van der Waals surface area contributed by atoms with E-state index in [1.165, 1.54) is 22.6 Å². The molecule has 3 nitrogen and oxygen atoms in total. The standard InChI is InChI=1S/C14H23NO2S/c1-12-5-6-14(18-12)10-15-7-9-16-11-13-4-2-3-8-17-13/h5-6,13,15H,2-4,7-11H2,1H3. The summed E-state index contributed by atoms with van der Waals surface area (Å²) in [7, 11) is 0. The van der Waals surface area contributed by atoms with Crippen LogP contribution in [0.1, 0.15) is 29.0 Å². The van der Waals surface area contributed by atoms with Gasteiger partial charge in [-0.2, -0.15) is 0 Å². The minimum Gasteiger partial charge on any atom is -0.377 e. The van der Waals surface area contributed by atoms with E-state index >= 15 is 0 Å². The Morgan fingerprint density at radius 2 is 2.39 bits per heavy atom. The van der Waals surface area contributed by atoms with E-state index in [4.69, 9.17) is 9.47 Å². The molecule has 2 heterocycles. The van der Waals surface area contributed by atoms with E-state index in [-0.39, 0.29) is 0 Å². The molecule has 0 aromatic carbocycles. The van der Waals surface area contributed by atoms with Crippen molar-refractivity contribution in [1.29, 1.82) is 0 Å². The Bertz CT molecular complexity index is 334. The molecule has 102 valence electrons. The molecule has 1 fully saturated rings. The third kappa shape index (κ3) is 5.06. The molecule has 0 radical (unpaired) electrons. The molecule has 1 aromatic heterocycles. The van der Waals surface area contributed by atoms with Crippen LogP contribution in [0, 0.1) is 6.92 Å². The lowest BCUT2D eigenvalue weighted by atomic mass is 10.1. The van der Waals surface area contributed by atoms with Gasteiger partial charge in [-0.15, -0.1) is 11.3 Å². The van der Waals surface area contributed by atoms with E-state index in [0.29, 0.717) is 6.10 Å². The average Bonchev–Trinajstić information content (AvgIpc) is 2.81. The van der Waals surface area contributed by atoms with Gasteiger partial charge in [0.2, 0.25) is 0 Å². The second-order valence-corrected chi connectivity index (χ2v) is 6.13. The molecule has 0 saturated carbocycles. The van der Waals surface area contributed by atoms with Gasteiger partial charge < -0.3 is 14.8 Å². The molecule has 0 bridgehead atoms. The van der Waals surface area contributed by atoms with Crippen LogP contribution in [0.3, 0.4) is 0 Å². The Labute approximate surface area is 113 Å². The lowest BCUT2D eigenvalue weighted by Gasteiger charge is -2.22. The molecule has 1 unspecified atom stereocenters. The maximum atomic E-state index is 5.63. The Morgan fingerprint density at radius 3 is 3.11 bits per heavy atom.